The van der Waals surface area contributed by atoms with Gasteiger partial charge in [-0.3, -0.25) is 4.79 Å². The lowest BCUT2D eigenvalue weighted by Crippen LogP contribution is -2.19. The number of amides is 1. The Labute approximate surface area is 122 Å². The maximum atomic E-state index is 12.1. The van der Waals surface area contributed by atoms with Crippen LogP contribution in [0.1, 0.15) is 23.0 Å². The predicted octanol–water partition coefficient (Wildman–Crippen LogP) is 3.32. The topological polar surface area (TPSA) is 57.2 Å². The molecule has 21 heavy (non-hydrogen) atoms. The zero-order valence-corrected chi connectivity index (χ0v) is 11.6. The molecule has 0 aliphatic carbocycles. The number of carbonyl (C=O) groups excluding carboxylic acids is 1. The molecule has 3 rings (SSSR count). The normalized spacial score (nSPS) is 11.6. The molecule has 0 aliphatic rings. The van der Waals surface area contributed by atoms with Gasteiger partial charge in [-0.2, -0.15) is 5.10 Å². The molecule has 0 unspecified atom stereocenters. The van der Waals surface area contributed by atoms with Gasteiger partial charge in [-0.1, -0.05) is 48.5 Å². The van der Waals surface area contributed by atoms with E-state index in [1.807, 2.05) is 67.6 Å². The van der Waals surface area contributed by atoms with E-state index in [9.17, 15) is 4.79 Å². The minimum atomic E-state index is -0.249. The van der Waals surface area contributed by atoms with Crippen molar-refractivity contribution >= 4 is 22.5 Å². The first kappa shape index (κ1) is 13.1. The number of hydrogen-bond acceptors (Lipinski definition) is 2. The van der Waals surface area contributed by atoms with Crippen molar-refractivity contribution in [2.24, 2.45) is 5.10 Å². The third-order valence-corrected chi connectivity index (χ3v) is 3.29. The molecule has 3 aromatic rings. The number of rotatable bonds is 3. The molecule has 0 aliphatic heterocycles. The van der Waals surface area contributed by atoms with E-state index in [1.54, 1.807) is 0 Å². The van der Waals surface area contributed by atoms with Crippen LogP contribution in [-0.2, 0) is 0 Å². The van der Waals surface area contributed by atoms with Crippen LogP contribution in [0.15, 0.2) is 65.8 Å². The Hall–Kier alpha value is -2.88. The van der Waals surface area contributed by atoms with Crippen LogP contribution in [0.3, 0.4) is 0 Å². The average Bonchev–Trinajstić information content (AvgIpc) is 2.97. The summed E-state index contributed by atoms with van der Waals surface area (Å²) in [6, 6.07) is 19.3. The molecule has 2 N–H and O–H groups in total. The molecule has 0 atom stereocenters. The predicted molar refractivity (Wildman–Crippen MR) is 84.4 cm³/mol. The molecule has 4 nitrogen and oxygen atoms in total. The first-order chi connectivity index (χ1) is 10.2. The van der Waals surface area contributed by atoms with Crippen LogP contribution >= 0.6 is 0 Å². The fourth-order valence-corrected chi connectivity index (χ4v) is 2.13. The summed E-state index contributed by atoms with van der Waals surface area (Å²) in [6.45, 7) is 1.86. The van der Waals surface area contributed by atoms with E-state index in [1.165, 1.54) is 0 Å². The molecule has 2 aromatic carbocycles. The van der Waals surface area contributed by atoms with Gasteiger partial charge in [0.1, 0.15) is 5.69 Å². The van der Waals surface area contributed by atoms with Gasteiger partial charge in [0.05, 0.1) is 5.71 Å². The summed E-state index contributed by atoms with van der Waals surface area (Å²) >= 11 is 0. The van der Waals surface area contributed by atoms with Crippen molar-refractivity contribution in [1.29, 1.82) is 0 Å². The van der Waals surface area contributed by atoms with E-state index >= 15 is 0 Å². The molecule has 0 saturated carbocycles. The van der Waals surface area contributed by atoms with Gasteiger partial charge >= 0.3 is 0 Å². The van der Waals surface area contributed by atoms with Crippen LogP contribution in [-0.4, -0.2) is 16.6 Å². The Morgan fingerprint density at radius 2 is 1.76 bits per heavy atom. The maximum absolute atomic E-state index is 12.1. The fraction of sp³-hybridized carbons (Fsp3) is 0.0588. The zero-order valence-electron chi connectivity index (χ0n) is 11.6. The summed E-state index contributed by atoms with van der Waals surface area (Å²) < 4.78 is 0. The number of nitrogens with zero attached hydrogens (tertiary/aromatic N) is 1. The Kier molecular flexibility index (Phi) is 3.51. The second-order valence-corrected chi connectivity index (χ2v) is 4.77. The number of benzene rings is 2. The van der Waals surface area contributed by atoms with E-state index in [2.05, 4.69) is 15.5 Å². The molecule has 0 radical (unpaired) electrons. The van der Waals surface area contributed by atoms with Gasteiger partial charge in [0.2, 0.25) is 0 Å². The van der Waals surface area contributed by atoms with Crippen molar-refractivity contribution in [2.75, 3.05) is 0 Å². The van der Waals surface area contributed by atoms with Gasteiger partial charge in [0, 0.05) is 10.9 Å². The number of hydrazone groups is 1. The highest BCUT2D eigenvalue weighted by Crippen LogP contribution is 2.14. The highest BCUT2D eigenvalue weighted by molar-refractivity contribution is 6.01. The monoisotopic (exact) mass is 277 g/mol. The number of H-pyrrole nitrogens is 1. The van der Waals surface area contributed by atoms with Gasteiger partial charge in [0.25, 0.3) is 5.91 Å². The fourth-order valence-electron chi connectivity index (χ4n) is 2.13. The van der Waals surface area contributed by atoms with Crippen molar-refractivity contribution in [2.45, 2.75) is 6.92 Å². The number of aromatic nitrogens is 1. The lowest BCUT2D eigenvalue weighted by Gasteiger charge is -2.01. The highest BCUT2D eigenvalue weighted by atomic mass is 16.2. The quantitative estimate of drug-likeness (QED) is 0.560. The summed E-state index contributed by atoms with van der Waals surface area (Å²) in [4.78, 5) is 15.2. The number of fused-ring (bicyclic) bond motifs is 1. The molecule has 1 heterocycles. The number of nitrogens with one attached hydrogen (secondary N) is 2. The summed E-state index contributed by atoms with van der Waals surface area (Å²) in [6.07, 6.45) is 0. The van der Waals surface area contributed by atoms with Crippen molar-refractivity contribution in [3.05, 3.63) is 71.9 Å². The van der Waals surface area contributed by atoms with E-state index in [4.69, 9.17) is 0 Å². The van der Waals surface area contributed by atoms with Crippen LogP contribution in [0, 0.1) is 0 Å². The highest BCUT2D eigenvalue weighted by Gasteiger charge is 2.08. The molecule has 0 spiro atoms. The average molecular weight is 277 g/mol. The summed E-state index contributed by atoms with van der Waals surface area (Å²) in [7, 11) is 0. The van der Waals surface area contributed by atoms with E-state index in [0.29, 0.717) is 5.69 Å². The number of carbonyl (C=O) groups is 1. The molecule has 4 heteroatoms. The second-order valence-electron chi connectivity index (χ2n) is 4.77. The van der Waals surface area contributed by atoms with Crippen LogP contribution < -0.4 is 5.43 Å². The van der Waals surface area contributed by atoms with Crippen LogP contribution in [0.2, 0.25) is 0 Å². The zero-order chi connectivity index (χ0) is 14.7. The first-order valence-corrected chi connectivity index (χ1v) is 6.72. The van der Waals surface area contributed by atoms with Gasteiger partial charge in [0.15, 0.2) is 0 Å². The molecule has 1 amide bonds. The molecule has 1 aromatic heterocycles. The second kappa shape index (κ2) is 5.63. The third kappa shape index (κ3) is 2.84. The lowest BCUT2D eigenvalue weighted by atomic mass is 10.1. The van der Waals surface area contributed by atoms with E-state index in [0.717, 1.165) is 22.2 Å². The Balaban J connectivity index is 1.77. The van der Waals surface area contributed by atoms with Gasteiger partial charge in [-0.15, -0.1) is 0 Å². The van der Waals surface area contributed by atoms with Gasteiger partial charge in [-0.25, -0.2) is 5.43 Å². The van der Waals surface area contributed by atoms with Gasteiger partial charge in [-0.05, 0) is 24.6 Å². The standard InChI is InChI=1S/C17H15N3O/c1-12(13-7-3-2-4-8-13)19-20-17(21)16-11-14-9-5-6-10-15(14)18-16/h2-11,18H,1H3,(H,20,21)/b19-12+. The van der Waals surface area contributed by atoms with Crippen molar-refractivity contribution < 1.29 is 4.79 Å². The molecular formula is C17H15N3O. The third-order valence-electron chi connectivity index (χ3n) is 3.29. The van der Waals surface area contributed by atoms with Crippen LogP contribution in [0.4, 0.5) is 0 Å². The maximum Gasteiger partial charge on any atom is 0.287 e. The van der Waals surface area contributed by atoms with Crippen molar-refractivity contribution in [3.8, 4) is 0 Å². The van der Waals surface area contributed by atoms with E-state index < -0.39 is 0 Å². The minimum absolute atomic E-state index is 0.249. The smallest absolute Gasteiger partial charge is 0.287 e. The first-order valence-electron chi connectivity index (χ1n) is 6.72. The van der Waals surface area contributed by atoms with Gasteiger partial charge < -0.3 is 4.98 Å². The number of hydrogen-bond donors (Lipinski definition) is 2. The Morgan fingerprint density at radius 3 is 2.52 bits per heavy atom. The van der Waals surface area contributed by atoms with Crippen LogP contribution in [0.5, 0.6) is 0 Å². The lowest BCUT2D eigenvalue weighted by molar-refractivity contribution is 0.0950. The molecule has 104 valence electrons. The summed E-state index contributed by atoms with van der Waals surface area (Å²) in [5, 5.41) is 5.14. The largest absolute Gasteiger partial charge is 0.350 e. The summed E-state index contributed by atoms with van der Waals surface area (Å²) in [5.74, 6) is -0.249. The Morgan fingerprint density at radius 1 is 1.05 bits per heavy atom. The summed E-state index contributed by atoms with van der Waals surface area (Å²) in [5.41, 5.74) is 5.76. The van der Waals surface area contributed by atoms with Crippen molar-refractivity contribution in [1.82, 2.24) is 10.4 Å². The minimum Gasteiger partial charge on any atom is -0.350 e. The van der Waals surface area contributed by atoms with Crippen LogP contribution in [0.25, 0.3) is 10.9 Å². The van der Waals surface area contributed by atoms with E-state index in [-0.39, 0.29) is 5.91 Å². The molecular weight excluding hydrogens is 262 g/mol. The Bertz CT molecular complexity index is 770. The molecule has 0 bridgehead atoms. The van der Waals surface area contributed by atoms with Crippen molar-refractivity contribution in [3.63, 3.8) is 0 Å². The number of para-hydroxylation sites is 1. The SMILES string of the molecule is C/C(=N\NC(=O)c1cc2ccccc2[nH]1)c1ccccc1. The molecule has 0 saturated heterocycles. The molecule has 0 fully saturated rings. The number of aromatic amines is 1.